The van der Waals surface area contributed by atoms with Gasteiger partial charge in [-0.25, -0.2) is 4.79 Å². The van der Waals surface area contributed by atoms with Crippen molar-refractivity contribution in [1.82, 2.24) is 5.32 Å². The molecule has 8 heteroatoms. The van der Waals surface area contributed by atoms with E-state index in [2.05, 4.69) is 5.32 Å². The van der Waals surface area contributed by atoms with E-state index < -0.39 is 24.4 Å². The van der Waals surface area contributed by atoms with Crippen molar-refractivity contribution in [3.63, 3.8) is 0 Å². The van der Waals surface area contributed by atoms with E-state index in [9.17, 15) is 19.2 Å². The van der Waals surface area contributed by atoms with Crippen LogP contribution < -0.4 is 15.5 Å². The Kier molecular flexibility index (Phi) is 6.73. The molecule has 0 aliphatic heterocycles. The van der Waals surface area contributed by atoms with Crippen molar-refractivity contribution in [2.24, 2.45) is 0 Å². The van der Waals surface area contributed by atoms with E-state index in [1.807, 2.05) is 18.2 Å². The first kappa shape index (κ1) is 23.4. The van der Waals surface area contributed by atoms with Gasteiger partial charge in [0.25, 0.3) is 11.8 Å². The van der Waals surface area contributed by atoms with Crippen molar-refractivity contribution < 1.29 is 28.3 Å². The van der Waals surface area contributed by atoms with Crippen molar-refractivity contribution in [2.75, 3.05) is 13.7 Å². The lowest BCUT2D eigenvalue weighted by molar-refractivity contribution is -0.123. The Bertz CT molecular complexity index is 1490. The highest BCUT2D eigenvalue weighted by molar-refractivity contribution is 6.07. The summed E-state index contributed by atoms with van der Waals surface area (Å²) < 4.78 is 16.2. The van der Waals surface area contributed by atoms with Gasteiger partial charge in [0.1, 0.15) is 17.1 Å². The molecule has 0 atom stereocenters. The molecule has 3 aromatic carbocycles. The number of carbonyl (C=O) groups is 3. The van der Waals surface area contributed by atoms with Crippen molar-refractivity contribution >= 4 is 28.8 Å². The zero-order valence-corrected chi connectivity index (χ0v) is 19.0. The first-order valence-corrected chi connectivity index (χ1v) is 10.7. The number of fused-ring (bicyclic) bond motifs is 1. The average molecular weight is 471 g/mol. The number of amides is 2. The van der Waals surface area contributed by atoms with Gasteiger partial charge in [-0.2, -0.15) is 0 Å². The van der Waals surface area contributed by atoms with Gasteiger partial charge in [-0.1, -0.05) is 48.5 Å². The number of esters is 1. The molecule has 2 amide bonds. The first-order chi connectivity index (χ1) is 16.9. The van der Waals surface area contributed by atoms with Crippen LogP contribution in [-0.4, -0.2) is 31.5 Å². The Morgan fingerprint density at radius 1 is 0.886 bits per heavy atom. The molecule has 0 aliphatic rings. The molecule has 4 rings (SSSR count). The van der Waals surface area contributed by atoms with Crippen LogP contribution in [0.3, 0.4) is 0 Å². The molecular formula is C27H21NO7. The number of para-hydroxylation sites is 2. The van der Waals surface area contributed by atoms with Crippen LogP contribution in [0.15, 0.2) is 82.0 Å². The summed E-state index contributed by atoms with van der Waals surface area (Å²) in [6, 6.07) is 20.0. The van der Waals surface area contributed by atoms with Crippen molar-refractivity contribution in [3.05, 3.63) is 99.7 Å². The number of carbonyl (C=O) groups excluding carboxylic acids is 3. The summed E-state index contributed by atoms with van der Waals surface area (Å²) in [7, 11) is 1.41. The van der Waals surface area contributed by atoms with E-state index in [1.165, 1.54) is 25.3 Å². The second-order valence-corrected chi connectivity index (χ2v) is 7.59. The Morgan fingerprint density at radius 2 is 1.57 bits per heavy atom. The van der Waals surface area contributed by atoms with Crippen molar-refractivity contribution in [1.29, 1.82) is 0 Å². The van der Waals surface area contributed by atoms with Crippen LogP contribution in [0.5, 0.6) is 5.75 Å². The van der Waals surface area contributed by atoms with Crippen molar-refractivity contribution in [2.45, 2.75) is 6.92 Å². The van der Waals surface area contributed by atoms with Crippen LogP contribution in [0, 0.1) is 6.92 Å². The zero-order chi connectivity index (χ0) is 24.9. The molecular weight excluding hydrogens is 450 g/mol. The highest BCUT2D eigenvalue weighted by atomic mass is 16.5. The van der Waals surface area contributed by atoms with E-state index in [0.29, 0.717) is 22.6 Å². The summed E-state index contributed by atoms with van der Waals surface area (Å²) in [5, 5.41) is 2.37. The molecule has 176 valence electrons. The van der Waals surface area contributed by atoms with E-state index in [1.54, 1.807) is 43.3 Å². The number of hydrogen-bond acceptors (Lipinski definition) is 7. The van der Waals surface area contributed by atoms with E-state index in [-0.39, 0.29) is 27.5 Å². The second-order valence-electron chi connectivity index (χ2n) is 7.59. The van der Waals surface area contributed by atoms with Crippen molar-refractivity contribution in [3.8, 4) is 17.1 Å². The van der Waals surface area contributed by atoms with Gasteiger partial charge in [-0.15, -0.1) is 0 Å². The van der Waals surface area contributed by atoms with Crippen LogP contribution in [-0.2, 0) is 9.53 Å². The third-order valence-corrected chi connectivity index (χ3v) is 5.34. The van der Waals surface area contributed by atoms with Crippen LogP contribution in [0.4, 0.5) is 0 Å². The van der Waals surface area contributed by atoms with Gasteiger partial charge in [0.15, 0.2) is 17.6 Å². The SMILES string of the molecule is COc1ccccc1C(=O)NC(=O)COC(=O)c1cccc2c(=O)c(C)c(-c3ccccc3)oc12. The first-order valence-electron chi connectivity index (χ1n) is 10.7. The van der Waals surface area contributed by atoms with Crippen LogP contribution >= 0.6 is 0 Å². The Hall–Kier alpha value is -4.72. The molecule has 0 saturated heterocycles. The van der Waals surface area contributed by atoms with E-state index in [0.717, 1.165) is 0 Å². The van der Waals surface area contributed by atoms with E-state index >= 15 is 0 Å². The summed E-state index contributed by atoms with van der Waals surface area (Å²) in [6.45, 7) is 0.944. The lowest BCUT2D eigenvalue weighted by Gasteiger charge is -2.11. The molecule has 4 aromatic rings. The number of hydrogen-bond donors (Lipinski definition) is 1. The number of imide groups is 1. The summed E-state index contributed by atoms with van der Waals surface area (Å²) in [6.07, 6.45) is 0. The molecule has 0 unspecified atom stereocenters. The van der Waals surface area contributed by atoms with Gasteiger partial charge in [0.2, 0.25) is 0 Å². The minimum Gasteiger partial charge on any atom is -0.496 e. The van der Waals surface area contributed by atoms with Gasteiger partial charge in [0, 0.05) is 11.1 Å². The summed E-state index contributed by atoms with van der Waals surface area (Å²) in [4.78, 5) is 50.3. The van der Waals surface area contributed by atoms with Gasteiger partial charge >= 0.3 is 5.97 Å². The lowest BCUT2D eigenvalue weighted by atomic mass is 10.0. The molecule has 8 nitrogen and oxygen atoms in total. The number of methoxy groups -OCH3 is 1. The fraction of sp³-hybridized carbons (Fsp3) is 0.111. The maximum Gasteiger partial charge on any atom is 0.342 e. The number of ether oxygens (including phenoxy) is 2. The van der Waals surface area contributed by atoms with Crippen LogP contribution in [0.25, 0.3) is 22.3 Å². The molecule has 0 bridgehead atoms. The van der Waals surface area contributed by atoms with Gasteiger partial charge in [0.05, 0.1) is 18.1 Å². The molecule has 35 heavy (non-hydrogen) atoms. The molecule has 0 radical (unpaired) electrons. The topological polar surface area (TPSA) is 112 Å². The minimum absolute atomic E-state index is 0.0133. The standard InChI is InChI=1S/C27H21NO7/c1-16-23(30)19-12-8-13-20(25(19)35-24(16)17-9-4-3-5-10-17)27(32)34-15-22(29)28-26(31)18-11-6-7-14-21(18)33-2/h3-14H,15H2,1-2H3,(H,28,29,31). The third kappa shape index (κ3) is 4.81. The minimum atomic E-state index is -0.874. The molecule has 0 aliphatic carbocycles. The average Bonchev–Trinajstić information content (AvgIpc) is 2.89. The highest BCUT2D eigenvalue weighted by Crippen LogP contribution is 2.27. The quantitative estimate of drug-likeness (QED) is 0.425. The van der Waals surface area contributed by atoms with E-state index in [4.69, 9.17) is 13.9 Å². The Labute approximate surface area is 200 Å². The summed E-state index contributed by atoms with van der Waals surface area (Å²) in [5.74, 6) is -1.76. The normalized spacial score (nSPS) is 10.6. The van der Waals surface area contributed by atoms with Gasteiger partial charge < -0.3 is 13.9 Å². The molecule has 0 spiro atoms. The summed E-state index contributed by atoms with van der Waals surface area (Å²) >= 11 is 0. The fourth-order valence-electron chi connectivity index (χ4n) is 3.61. The predicted molar refractivity (Wildman–Crippen MR) is 128 cm³/mol. The largest absolute Gasteiger partial charge is 0.496 e. The lowest BCUT2D eigenvalue weighted by Crippen LogP contribution is -2.34. The smallest absolute Gasteiger partial charge is 0.342 e. The number of benzene rings is 3. The van der Waals surface area contributed by atoms with Crippen LogP contribution in [0.2, 0.25) is 0 Å². The van der Waals surface area contributed by atoms with Gasteiger partial charge in [-0.05, 0) is 31.2 Å². The molecule has 1 aromatic heterocycles. The number of nitrogens with one attached hydrogen (secondary N) is 1. The number of rotatable bonds is 6. The zero-order valence-electron chi connectivity index (χ0n) is 19.0. The molecule has 0 fully saturated rings. The van der Waals surface area contributed by atoms with Crippen LogP contribution in [0.1, 0.15) is 26.3 Å². The Balaban J connectivity index is 1.55. The Morgan fingerprint density at radius 3 is 2.31 bits per heavy atom. The second kappa shape index (κ2) is 10.0. The maximum absolute atomic E-state index is 12.9. The molecule has 1 N–H and O–H groups in total. The van der Waals surface area contributed by atoms with Gasteiger partial charge in [-0.3, -0.25) is 19.7 Å². The predicted octanol–water partition coefficient (Wildman–Crippen LogP) is 3.89. The monoisotopic (exact) mass is 471 g/mol. The third-order valence-electron chi connectivity index (χ3n) is 5.34. The fourth-order valence-corrected chi connectivity index (χ4v) is 3.61. The molecule has 0 saturated carbocycles. The maximum atomic E-state index is 12.9. The molecule has 1 heterocycles. The highest BCUT2D eigenvalue weighted by Gasteiger charge is 2.21. The summed E-state index contributed by atoms with van der Waals surface area (Å²) in [5.41, 5.74) is 1.01.